The lowest BCUT2D eigenvalue weighted by Gasteiger charge is -2.43. The molecule has 1 fully saturated rings. The number of hydrogen-bond donors (Lipinski definition) is 1. The molecule has 2 aliphatic rings. The van der Waals surface area contributed by atoms with Gasteiger partial charge in [-0.1, -0.05) is 48.5 Å². The highest BCUT2D eigenvalue weighted by atomic mass is 16.5. The van der Waals surface area contributed by atoms with Gasteiger partial charge < -0.3 is 10.1 Å². The van der Waals surface area contributed by atoms with E-state index in [1.54, 1.807) is 0 Å². The summed E-state index contributed by atoms with van der Waals surface area (Å²) in [5.41, 5.74) is 3.91. The van der Waals surface area contributed by atoms with E-state index in [2.05, 4.69) is 59.9 Å². The number of hydrogen-bond acceptors (Lipinski definition) is 2. The minimum absolute atomic E-state index is 0.242. The van der Waals surface area contributed by atoms with Gasteiger partial charge in [0.15, 0.2) is 0 Å². The average Bonchev–Trinajstić information content (AvgIpc) is 2.55. The molecule has 0 aromatic heterocycles. The van der Waals surface area contributed by atoms with E-state index in [1.807, 2.05) is 0 Å². The Morgan fingerprint density at radius 3 is 2.65 bits per heavy atom. The van der Waals surface area contributed by atoms with Crippen LogP contribution in [0.4, 0.5) is 5.69 Å². The maximum Gasteiger partial charge on any atom is 0.0895 e. The number of para-hydroxylation sites is 1. The fourth-order valence-electron chi connectivity index (χ4n) is 3.61. The topological polar surface area (TPSA) is 21.3 Å². The Balaban J connectivity index is 1.78. The molecule has 1 N–H and O–H groups in total. The van der Waals surface area contributed by atoms with Gasteiger partial charge in [-0.2, -0.15) is 0 Å². The van der Waals surface area contributed by atoms with Crippen molar-refractivity contribution in [2.75, 3.05) is 11.9 Å². The highest BCUT2D eigenvalue weighted by Gasteiger charge is 2.39. The molecule has 102 valence electrons. The Morgan fingerprint density at radius 2 is 1.75 bits per heavy atom. The van der Waals surface area contributed by atoms with Gasteiger partial charge in [-0.25, -0.2) is 0 Å². The van der Waals surface area contributed by atoms with Gasteiger partial charge in [0.25, 0.3) is 0 Å². The first-order valence-corrected chi connectivity index (χ1v) is 7.45. The van der Waals surface area contributed by atoms with Crippen LogP contribution in [0.5, 0.6) is 0 Å². The van der Waals surface area contributed by atoms with Crippen LogP contribution in [0.25, 0.3) is 0 Å². The van der Waals surface area contributed by atoms with Crippen LogP contribution in [0.1, 0.15) is 36.1 Å². The molecule has 0 aliphatic carbocycles. The summed E-state index contributed by atoms with van der Waals surface area (Å²) in [6, 6.07) is 19.7. The average molecular weight is 265 g/mol. The standard InChI is InChI=1S/C18H19NO/c1-2-7-13(8-3-1)17-15-10-6-12-20-18(15)14-9-4-5-11-16(14)19-17/h1-5,7-9,11,15,17-19H,6,10,12H2/t15?,17-,18?/m1/s1. The molecule has 2 aliphatic heterocycles. The Bertz CT molecular complexity index is 595. The summed E-state index contributed by atoms with van der Waals surface area (Å²) in [5.74, 6) is 0.529. The van der Waals surface area contributed by atoms with Crippen molar-refractivity contribution in [3.05, 3.63) is 65.7 Å². The first-order valence-electron chi connectivity index (χ1n) is 7.45. The summed E-state index contributed by atoms with van der Waals surface area (Å²) in [7, 11) is 0. The van der Waals surface area contributed by atoms with Gasteiger partial charge in [-0.15, -0.1) is 0 Å². The normalized spacial score (nSPS) is 28.1. The molecule has 2 unspecified atom stereocenters. The third-order valence-corrected chi connectivity index (χ3v) is 4.53. The SMILES string of the molecule is c1ccc([C@H]2Nc3ccccc3C3OCCCC32)cc1. The van der Waals surface area contributed by atoms with Crippen LogP contribution in [0.3, 0.4) is 0 Å². The molecule has 0 saturated carbocycles. The lowest BCUT2D eigenvalue weighted by atomic mass is 9.77. The molecule has 20 heavy (non-hydrogen) atoms. The van der Waals surface area contributed by atoms with Crippen LogP contribution in [0.15, 0.2) is 54.6 Å². The molecule has 2 aromatic carbocycles. The Hall–Kier alpha value is -1.80. The molecule has 0 radical (unpaired) electrons. The molecule has 4 rings (SSSR count). The molecule has 1 saturated heterocycles. The second-order valence-electron chi connectivity index (χ2n) is 5.72. The van der Waals surface area contributed by atoms with E-state index in [1.165, 1.54) is 23.2 Å². The minimum Gasteiger partial charge on any atom is -0.378 e. The van der Waals surface area contributed by atoms with Gasteiger partial charge in [0.2, 0.25) is 0 Å². The van der Waals surface area contributed by atoms with E-state index in [-0.39, 0.29) is 6.10 Å². The van der Waals surface area contributed by atoms with Crippen LogP contribution in [0, 0.1) is 5.92 Å². The Kier molecular flexibility index (Phi) is 2.96. The highest BCUT2D eigenvalue weighted by molar-refractivity contribution is 5.57. The number of nitrogens with one attached hydrogen (secondary N) is 1. The van der Waals surface area contributed by atoms with Gasteiger partial charge in [-0.3, -0.25) is 0 Å². The molecule has 3 atom stereocenters. The van der Waals surface area contributed by atoms with E-state index >= 15 is 0 Å². The molecule has 0 amide bonds. The number of rotatable bonds is 1. The van der Waals surface area contributed by atoms with Crippen LogP contribution < -0.4 is 5.32 Å². The summed E-state index contributed by atoms with van der Waals surface area (Å²) in [4.78, 5) is 0. The molecular formula is C18H19NO. The fourth-order valence-corrected chi connectivity index (χ4v) is 3.61. The van der Waals surface area contributed by atoms with Crippen LogP contribution in [0.2, 0.25) is 0 Å². The third kappa shape index (κ3) is 1.92. The van der Waals surface area contributed by atoms with Crippen molar-refractivity contribution in [2.24, 2.45) is 5.92 Å². The summed E-state index contributed by atoms with van der Waals surface area (Å²) in [5, 5.41) is 3.73. The van der Waals surface area contributed by atoms with E-state index in [4.69, 9.17) is 4.74 Å². The fraction of sp³-hybridized carbons (Fsp3) is 0.333. The maximum absolute atomic E-state index is 6.12. The smallest absolute Gasteiger partial charge is 0.0895 e. The molecule has 0 spiro atoms. The van der Waals surface area contributed by atoms with Crippen molar-refractivity contribution in [3.63, 3.8) is 0 Å². The van der Waals surface area contributed by atoms with Gasteiger partial charge in [0.05, 0.1) is 12.1 Å². The van der Waals surface area contributed by atoms with E-state index in [0.717, 1.165) is 13.0 Å². The maximum atomic E-state index is 6.12. The van der Waals surface area contributed by atoms with Gasteiger partial charge >= 0.3 is 0 Å². The lowest BCUT2D eigenvalue weighted by Crippen LogP contribution is -2.35. The van der Waals surface area contributed by atoms with Gasteiger partial charge in [-0.05, 0) is 24.5 Å². The minimum atomic E-state index is 0.242. The van der Waals surface area contributed by atoms with Gasteiger partial charge in [0.1, 0.15) is 0 Å². The predicted octanol–water partition coefficient (Wildman–Crippen LogP) is 4.32. The lowest BCUT2D eigenvalue weighted by molar-refractivity contribution is -0.0381. The van der Waals surface area contributed by atoms with Crippen molar-refractivity contribution in [3.8, 4) is 0 Å². The predicted molar refractivity (Wildman–Crippen MR) is 80.7 cm³/mol. The summed E-state index contributed by atoms with van der Waals surface area (Å²) < 4.78 is 6.12. The Labute approximate surface area is 119 Å². The zero-order valence-corrected chi connectivity index (χ0v) is 11.5. The summed E-state index contributed by atoms with van der Waals surface area (Å²) in [6.07, 6.45) is 2.63. The second-order valence-corrected chi connectivity index (χ2v) is 5.72. The van der Waals surface area contributed by atoms with Crippen LogP contribution in [-0.2, 0) is 4.74 Å². The molecule has 2 nitrogen and oxygen atoms in total. The monoisotopic (exact) mass is 265 g/mol. The third-order valence-electron chi connectivity index (χ3n) is 4.53. The zero-order valence-electron chi connectivity index (χ0n) is 11.5. The van der Waals surface area contributed by atoms with E-state index in [9.17, 15) is 0 Å². The first kappa shape index (κ1) is 12.0. The number of benzene rings is 2. The quantitative estimate of drug-likeness (QED) is 0.829. The largest absolute Gasteiger partial charge is 0.378 e. The molecule has 2 aromatic rings. The van der Waals surface area contributed by atoms with Crippen molar-refractivity contribution in [1.29, 1.82) is 0 Å². The molecular weight excluding hydrogens is 246 g/mol. The Morgan fingerprint density at radius 1 is 0.950 bits per heavy atom. The molecule has 2 heterocycles. The van der Waals surface area contributed by atoms with Gasteiger partial charge in [0, 0.05) is 23.8 Å². The molecule has 0 bridgehead atoms. The summed E-state index contributed by atoms with van der Waals surface area (Å²) >= 11 is 0. The van der Waals surface area contributed by atoms with E-state index in [0.29, 0.717) is 12.0 Å². The number of ether oxygens (including phenoxy) is 1. The van der Waals surface area contributed by atoms with E-state index < -0.39 is 0 Å². The van der Waals surface area contributed by atoms with Crippen molar-refractivity contribution >= 4 is 5.69 Å². The van der Waals surface area contributed by atoms with Crippen LogP contribution >= 0.6 is 0 Å². The number of anilines is 1. The first-order chi connectivity index (χ1) is 9.93. The van der Waals surface area contributed by atoms with Crippen molar-refractivity contribution in [1.82, 2.24) is 0 Å². The van der Waals surface area contributed by atoms with Crippen LogP contribution in [-0.4, -0.2) is 6.61 Å². The summed E-state index contributed by atoms with van der Waals surface area (Å²) in [6.45, 7) is 0.886. The second kappa shape index (κ2) is 4.95. The van der Waals surface area contributed by atoms with Crippen molar-refractivity contribution in [2.45, 2.75) is 25.0 Å². The molecule has 2 heteroatoms. The zero-order chi connectivity index (χ0) is 13.4. The number of fused-ring (bicyclic) bond motifs is 3. The highest BCUT2D eigenvalue weighted by Crippen LogP contribution is 2.48. The van der Waals surface area contributed by atoms with Crippen molar-refractivity contribution < 1.29 is 4.74 Å².